The van der Waals surface area contributed by atoms with Gasteiger partial charge in [-0.1, -0.05) is 34.1 Å². The van der Waals surface area contributed by atoms with E-state index in [0.29, 0.717) is 5.88 Å². The fourth-order valence-electron chi connectivity index (χ4n) is 1.69. The van der Waals surface area contributed by atoms with Crippen LogP contribution in [0.4, 0.5) is 0 Å². The standard InChI is InChI=1S/C15H14BrClO/c1-10-4-3-5-14(11(10)2)18-15-8-13(16)7-6-12(15)9-17/h3-8H,9H2,1-2H3. The zero-order valence-electron chi connectivity index (χ0n) is 10.3. The summed E-state index contributed by atoms with van der Waals surface area (Å²) < 4.78 is 6.96. The van der Waals surface area contributed by atoms with Gasteiger partial charge < -0.3 is 4.74 Å². The Bertz CT molecular complexity index is 566. The summed E-state index contributed by atoms with van der Waals surface area (Å²) in [5, 5.41) is 0. The molecule has 3 heteroatoms. The molecule has 2 rings (SSSR count). The number of benzene rings is 2. The van der Waals surface area contributed by atoms with Crippen LogP contribution in [0, 0.1) is 13.8 Å². The molecule has 0 amide bonds. The topological polar surface area (TPSA) is 9.23 Å². The Balaban J connectivity index is 2.39. The van der Waals surface area contributed by atoms with E-state index >= 15 is 0 Å². The van der Waals surface area contributed by atoms with Crippen molar-refractivity contribution >= 4 is 27.5 Å². The minimum atomic E-state index is 0.438. The van der Waals surface area contributed by atoms with Gasteiger partial charge in [-0.15, -0.1) is 11.6 Å². The Morgan fingerprint density at radius 2 is 1.89 bits per heavy atom. The van der Waals surface area contributed by atoms with Gasteiger partial charge in [0.15, 0.2) is 0 Å². The van der Waals surface area contributed by atoms with E-state index < -0.39 is 0 Å². The number of halogens is 2. The Morgan fingerprint density at radius 1 is 1.11 bits per heavy atom. The quantitative estimate of drug-likeness (QED) is 0.668. The second-order valence-electron chi connectivity index (χ2n) is 4.19. The van der Waals surface area contributed by atoms with Gasteiger partial charge >= 0.3 is 0 Å². The molecule has 0 aliphatic carbocycles. The number of alkyl halides is 1. The van der Waals surface area contributed by atoms with E-state index in [4.69, 9.17) is 16.3 Å². The summed E-state index contributed by atoms with van der Waals surface area (Å²) in [5.74, 6) is 2.11. The minimum Gasteiger partial charge on any atom is -0.457 e. The lowest BCUT2D eigenvalue weighted by molar-refractivity contribution is 0.474. The third-order valence-electron chi connectivity index (χ3n) is 2.95. The highest BCUT2D eigenvalue weighted by Gasteiger charge is 2.08. The average Bonchev–Trinajstić information content (AvgIpc) is 2.35. The first-order valence-electron chi connectivity index (χ1n) is 5.70. The highest BCUT2D eigenvalue weighted by molar-refractivity contribution is 9.10. The van der Waals surface area contributed by atoms with Gasteiger partial charge in [0.25, 0.3) is 0 Å². The Hall–Kier alpha value is -0.990. The molecule has 2 aromatic carbocycles. The van der Waals surface area contributed by atoms with Crippen molar-refractivity contribution in [3.8, 4) is 11.5 Å². The van der Waals surface area contributed by atoms with Crippen molar-refractivity contribution in [3.63, 3.8) is 0 Å². The summed E-state index contributed by atoms with van der Waals surface area (Å²) in [6.07, 6.45) is 0. The average molecular weight is 326 g/mol. The first-order chi connectivity index (χ1) is 8.61. The normalized spacial score (nSPS) is 10.4. The molecule has 0 aliphatic rings. The Labute approximate surface area is 121 Å². The van der Waals surface area contributed by atoms with Crippen molar-refractivity contribution in [2.24, 2.45) is 0 Å². The van der Waals surface area contributed by atoms with Crippen molar-refractivity contribution in [3.05, 3.63) is 57.6 Å². The van der Waals surface area contributed by atoms with Gasteiger partial charge in [0, 0.05) is 10.0 Å². The van der Waals surface area contributed by atoms with Gasteiger partial charge in [0.05, 0.1) is 5.88 Å². The number of aryl methyl sites for hydroxylation is 1. The van der Waals surface area contributed by atoms with Crippen LogP contribution in [0.15, 0.2) is 40.9 Å². The first kappa shape index (κ1) is 13.4. The van der Waals surface area contributed by atoms with E-state index in [-0.39, 0.29) is 0 Å². The molecule has 0 bridgehead atoms. The monoisotopic (exact) mass is 324 g/mol. The number of ether oxygens (including phenoxy) is 1. The highest BCUT2D eigenvalue weighted by Crippen LogP contribution is 2.32. The maximum absolute atomic E-state index is 5.98. The van der Waals surface area contributed by atoms with Crippen molar-refractivity contribution < 1.29 is 4.74 Å². The second-order valence-corrected chi connectivity index (χ2v) is 5.37. The third kappa shape index (κ3) is 2.88. The molecular formula is C15H14BrClO. The molecule has 94 valence electrons. The smallest absolute Gasteiger partial charge is 0.132 e. The van der Waals surface area contributed by atoms with Crippen molar-refractivity contribution in [2.75, 3.05) is 0 Å². The Kier molecular flexibility index (Phi) is 4.31. The predicted octanol–water partition coefficient (Wildman–Crippen LogP) is 5.60. The number of hydrogen-bond donors (Lipinski definition) is 0. The fourth-order valence-corrected chi connectivity index (χ4v) is 2.25. The van der Waals surface area contributed by atoms with Crippen molar-refractivity contribution in [2.45, 2.75) is 19.7 Å². The molecule has 0 heterocycles. The zero-order valence-corrected chi connectivity index (χ0v) is 12.7. The molecular weight excluding hydrogens is 312 g/mol. The molecule has 0 saturated carbocycles. The first-order valence-corrected chi connectivity index (χ1v) is 7.03. The van der Waals surface area contributed by atoms with E-state index in [1.165, 1.54) is 5.56 Å². The van der Waals surface area contributed by atoms with E-state index in [1.807, 2.05) is 30.3 Å². The summed E-state index contributed by atoms with van der Waals surface area (Å²) in [6.45, 7) is 4.13. The molecule has 0 aromatic heterocycles. The molecule has 18 heavy (non-hydrogen) atoms. The van der Waals surface area contributed by atoms with Crippen LogP contribution in [0.3, 0.4) is 0 Å². The van der Waals surface area contributed by atoms with Gasteiger partial charge in [-0.3, -0.25) is 0 Å². The highest BCUT2D eigenvalue weighted by atomic mass is 79.9. The molecule has 2 aromatic rings. The molecule has 0 atom stereocenters. The molecule has 0 saturated heterocycles. The number of hydrogen-bond acceptors (Lipinski definition) is 1. The lowest BCUT2D eigenvalue weighted by atomic mass is 10.1. The lowest BCUT2D eigenvalue weighted by Crippen LogP contribution is -1.93. The summed E-state index contributed by atoms with van der Waals surface area (Å²) in [5.41, 5.74) is 3.36. The van der Waals surface area contributed by atoms with Crippen LogP contribution in [0.5, 0.6) is 11.5 Å². The predicted molar refractivity (Wildman–Crippen MR) is 79.7 cm³/mol. The molecule has 0 N–H and O–H groups in total. The van der Waals surface area contributed by atoms with Crippen LogP contribution in [-0.2, 0) is 5.88 Å². The lowest BCUT2D eigenvalue weighted by Gasteiger charge is -2.13. The van der Waals surface area contributed by atoms with Crippen LogP contribution in [0.2, 0.25) is 0 Å². The van der Waals surface area contributed by atoms with E-state index in [1.54, 1.807) is 0 Å². The number of rotatable bonds is 3. The van der Waals surface area contributed by atoms with Crippen LogP contribution in [0.1, 0.15) is 16.7 Å². The molecule has 0 unspecified atom stereocenters. The van der Waals surface area contributed by atoms with Crippen LogP contribution in [-0.4, -0.2) is 0 Å². The Morgan fingerprint density at radius 3 is 2.61 bits per heavy atom. The summed E-state index contributed by atoms with van der Waals surface area (Å²) in [7, 11) is 0. The van der Waals surface area contributed by atoms with E-state index in [0.717, 1.165) is 27.1 Å². The van der Waals surface area contributed by atoms with Crippen LogP contribution in [0.25, 0.3) is 0 Å². The van der Waals surface area contributed by atoms with Gasteiger partial charge in [-0.05, 0) is 43.2 Å². The SMILES string of the molecule is Cc1cccc(Oc2cc(Br)ccc2CCl)c1C. The molecule has 0 aliphatic heterocycles. The van der Waals surface area contributed by atoms with Crippen molar-refractivity contribution in [1.29, 1.82) is 0 Å². The molecule has 0 radical (unpaired) electrons. The van der Waals surface area contributed by atoms with Gasteiger partial charge in [0.2, 0.25) is 0 Å². The van der Waals surface area contributed by atoms with E-state index in [9.17, 15) is 0 Å². The largest absolute Gasteiger partial charge is 0.457 e. The van der Waals surface area contributed by atoms with Gasteiger partial charge in [-0.2, -0.15) is 0 Å². The summed E-state index contributed by atoms with van der Waals surface area (Å²) >= 11 is 9.38. The molecule has 0 fully saturated rings. The maximum atomic E-state index is 5.98. The third-order valence-corrected chi connectivity index (χ3v) is 3.73. The maximum Gasteiger partial charge on any atom is 0.132 e. The summed E-state index contributed by atoms with van der Waals surface area (Å²) in [4.78, 5) is 0. The minimum absolute atomic E-state index is 0.438. The van der Waals surface area contributed by atoms with Gasteiger partial charge in [-0.25, -0.2) is 0 Å². The zero-order chi connectivity index (χ0) is 13.1. The van der Waals surface area contributed by atoms with E-state index in [2.05, 4.69) is 35.8 Å². The van der Waals surface area contributed by atoms with Crippen LogP contribution >= 0.6 is 27.5 Å². The van der Waals surface area contributed by atoms with Crippen LogP contribution < -0.4 is 4.74 Å². The second kappa shape index (κ2) is 5.77. The molecule has 1 nitrogen and oxygen atoms in total. The summed E-state index contributed by atoms with van der Waals surface area (Å²) in [6, 6.07) is 11.9. The van der Waals surface area contributed by atoms with Gasteiger partial charge in [0.1, 0.15) is 11.5 Å². The molecule has 0 spiro atoms. The fraction of sp³-hybridized carbons (Fsp3) is 0.200. The van der Waals surface area contributed by atoms with Crippen molar-refractivity contribution in [1.82, 2.24) is 0 Å².